The maximum Gasteiger partial charge on any atom is 0.108 e. The van der Waals surface area contributed by atoms with Crippen molar-refractivity contribution in [2.24, 2.45) is 5.73 Å². The summed E-state index contributed by atoms with van der Waals surface area (Å²) in [6.07, 6.45) is -0.0367. The zero-order valence-electron chi connectivity index (χ0n) is 11.6. The van der Waals surface area contributed by atoms with Crippen LogP contribution in [0.4, 0.5) is 0 Å². The summed E-state index contributed by atoms with van der Waals surface area (Å²) in [5, 5.41) is 0. The fourth-order valence-corrected chi connectivity index (χ4v) is 2.17. The van der Waals surface area contributed by atoms with E-state index in [1.807, 2.05) is 6.07 Å². The van der Waals surface area contributed by atoms with Crippen molar-refractivity contribution in [3.63, 3.8) is 0 Å². The van der Waals surface area contributed by atoms with E-state index in [1.165, 1.54) is 22.3 Å². The van der Waals surface area contributed by atoms with Crippen LogP contribution < -0.4 is 5.73 Å². The second kappa shape index (κ2) is 6.50. The van der Waals surface area contributed by atoms with Gasteiger partial charge in [-0.1, -0.05) is 54.1 Å². The van der Waals surface area contributed by atoms with Gasteiger partial charge in [-0.2, -0.15) is 0 Å². The van der Waals surface area contributed by atoms with Gasteiger partial charge in [0, 0.05) is 6.54 Å². The zero-order chi connectivity index (χ0) is 13.7. The van der Waals surface area contributed by atoms with Gasteiger partial charge >= 0.3 is 0 Å². The van der Waals surface area contributed by atoms with Gasteiger partial charge in [0.1, 0.15) is 6.10 Å². The van der Waals surface area contributed by atoms with Crippen LogP contribution in [0.25, 0.3) is 0 Å². The van der Waals surface area contributed by atoms with E-state index < -0.39 is 0 Å². The average molecular weight is 255 g/mol. The number of nitrogens with two attached hydrogens (primary N) is 1. The topological polar surface area (TPSA) is 35.2 Å². The molecule has 0 bridgehead atoms. The number of rotatable bonds is 5. The Morgan fingerprint density at radius 1 is 1.00 bits per heavy atom. The Morgan fingerprint density at radius 3 is 2.32 bits per heavy atom. The highest BCUT2D eigenvalue weighted by Gasteiger charge is 2.16. The molecule has 0 aliphatic rings. The Balaban J connectivity index is 2.35. The Hall–Kier alpha value is -1.64. The molecule has 100 valence electrons. The van der Waals surface area contributed by atoms with Crippen molar-refractivity contribution in [1.82, 2.24) is 0 Å². The second-order valence-electron chi connectivity index (χ2n) is 4.81. The van der Waals surface area contributed by atoms with Crippen LogP contribution in [-0.4, -0.2) is 13.2 Å². The van der Waals surface area contributed by atoms with Gasteiger partial charge in [0.15, 0.2) is 0 Å². The predicted molar refractivity (Wildman–Crippen MR) is 79.2 cm³/mol. The van der Waals surface area contributed by atoms with Gasteiger partial charge < -0.3 is 10.5 Å². The van der Waals surface area contributed by atoms with Crippen molar-refractivity contribution in [2.45, 2.75) is 20.0 Å². The lowest BCUT2D eigenvalue weighted by molar-refractivity contribution is 0.0860. The van der Waals surface area contributed by atoms with Crippen LogP contribution >= 0.6 is 0 Å². The molecule has 2 nitrogen and oxygen atoms in total. The Kier molecular flexibility index (Phi) is 4.72. The summed E-state index contributed by atoms with van der Waals surface area (Å²) >= 11 is 0. The Labute approximate surface area is 115 Å². The third-order valence-corrected chi connectivity index (χ3v) is 3.25. The maximum absolute atomic E-state index is 5.96. The second-order valence-corrected chi connectivity index (χ2v) is 4.81. The zero-order valence-corrected chi connectivity index (χ0v) is 11.6. The minimum Gasteiger partial charge on any atom is -0.367 e. The van der Waals surface area contributed by atoms with Gasteiger partial charge in [0.05, 0.1) is 6.61 Å². The summed E-state index contributed by atoms with van der Waals surface area (Å²) < 4.78 is 5.96. The lowest BCUT2D eigenvalue weighted by atomic mass is 9.97. The Morgan fingerprint density at radius 2 is 1.68 bits per heavy atom. The van der Waals surface area contributed by atoms with Gasteiger partial charge in [-0.25, -0.2) is 0 Å². The molecule has 1 atom stereocenters. The van der Waals surface area contributed by atoms with Crippen molar-refractivity contribution in [3.05, 3.63) is 70.8 Å². The number of hydrogen-bond donors (Lipinski definition) is 1. The largest absolute Gasteiger partial charge is 0.367 e. The van der Waals surface area contributed by atoms with E-state index in [2.05, 4.69) is 56.3 Å². The fourth-order valence-electron chi connectivity index (χ4n) is 2.17. The number of ether oxygens (including phenoxy) is 1. The molecule has 0 amide bonds. The van der Waals surface area contributed by atoms with Crippen LogP contribution in [0.1, 0.15) is 28.4 Å². The van der Waals surface area contributed by atoms with Crippen molar-refractivity contribution in [3.8, 4) is 0 Å². The van der Waals surface area contributed by atoms with Crippen molar-refractivity contribution >= 4 is 0 Å². The molecule has 1 unspecified atom stereocenters. The molecule has 0 saturated heterocycles. The van der Waals surface area contributed by atoms with Crippen LogP contribution in [0.2, 0.25) is 0 Å². The minimum atomic E-state index is -0.0367. The van der Waals surface area contributed by atoms with Crippen LogP contribution in [-0.2, 0) is 4.74 Å². The first kappa shape index (κ1) is 13.8. The lowest BCUT2D eigenvalue weighted by Gasteiger charge is -2.20. The van der Waals surface area contributed by atoms with Crippen molar-refractivity contribution in [1.29, 1.82) is 0 Å². The molecule has 0 fully saturated rings. The molecule has 2 heteroatoms. The number of aryl methyl sites for hydroxylation is 2. The normalized spacial score (nSPS) is 12.4. The van der Waals surface area contributed by atoms with Gasteiger partial charge in [0.2, 0.25) is 0 Å². The monoisotopic (exact) mass is 255 g/mol. The molecule has 2 aromatic carbocycles. The summed E-state index contributed by atoms with van der Waals surface area (Å²) in [5.74, 6) is 0. The van der Waals surface area contributed by atoms with Crippen LogP contribution in [0.15, 0.2) is 48.5 Å². The van der Waals surface area contributed by atoms with Gasteiger partial charge in [-0.05, 0) is 30.5 Å². The third-order valence-electron chi connectivity index (χ3n) is 3.25. The van der Waals surface area contributed by atoms with E-state index in [9.17, 15) is 0 Å². The van der Waals surface area contributed by atoms with E-state index in [0.717, 1.165) is 0 Å². The van der Waals surface area contributed by atoms with Gasteiger partial charge in [0.25, 0.3) is 0 Å². The van der Waals surface area contributed by atoms with Crippen LogP contribution in [0.3, 0.4) is 0 Å². The molecule has 19 heavy (non-hydrogen) atoms. The summed E-state index contributed by atoms with van der Waals surface area (Å²) in [4.78, 5) is 0. The maximum atomic E-state index is 5.96. The molecular formula is C17H21NO. The van der Waals surface area contributed by atoms with E-state index in [-0.39, 0.29) is 6.10 Å². The molecule has 0 heterocycles. The minimum absolute atomic E-state index is 0.0367. The average Bonchev–Trinajstić information content (AvgIpc) is 2.43. The summed E-state index contributed by atoms with van der Waals surface area (Å²) in [6.45, 7) is 5.30. The molecule has 2 N–H and O–H groups in total. The lowest BCUT2D eigenvalue weighted by Crippen LogP contribution is -2.14. The summed E-state index contributed by atoms with van der Waals surface area (Å²) in [5.41, 5.74) is 10.4. The highest BCUT2D eigenvalue weighted by molar-refractivity contribution is 5.36. The standard InChI is InChI=1S/C17H21NO/c1-13-7-9-15(10-8-13)17(19-12-11-18)16-6-4-3-5-14(16)2/h3-10,17H,11-12,18H2,1-2H3. The first-order valence-electron chi connectivity index (χ1n) is 6.66. The SMILES string of the molecule is Cc1ccc(C(OCCN)c2ccccc2C)cc1. The quantitative estimate of drug-likeness (QED) is 0.889. The van der Waals surface area contributed by atoms with Crippen LogP contribution in [0, 0.1) is 13.8 Å². The van der Waals surface area contributed by atoms with E-state index in [1.54, 1.807) is 0 Å². The third kappa shape index (κ3) is 3.43. The number of hydrogen-bond acceptors (Lipinski definition) is 2. The van der Waals surface area contributed by atoms with E-state index in [4.69, 9.17) is 10.5 Å². The first-order chi connectivity index (χ1) is 9.22. The molecule has 0 aromatic heterocycles. The summed E-state index contributed by atoms with van der Waals surface area (Å²) in [7, 11) is 0. The first-order valence-corrected chi connectivity index (χ1v) is 6.66. The summed E-state index contributed by atoms with van der Waals surface area (Å²) in [6, 6.07) is 16.8. The number of benzene rings is 2. The molecule has 0 saturated carbocycles. The van der Waals surface area contributed by atoms with Gasteiger partial charge in [-0.15, -0.1) is 0 Å². The highest BCUT2D eigenvalue weighted by atomic mass is 16.5. The molecule has 0 radical (unpaired) electrons. The van der Waals surface area contributed by atoms with E-state index in [0.29, 0.717) is 13.2 Å². The molecule has 2 rings (SSSR count). The smallest absolute Gasteiger partial charge is 0.108 e. The van der Waals surface area contributed by atoms with Gasteiger partial charge in [-0.3, -0.25) is 0 Å². The van der Waals surface area contributed by atoms with E-state index >= 15 is 0 Å². The van der Waals surface area contributed by atoms with Crippen molar-refractivity contribution < 1.29 is 4.74 Å². The molecule has 2 aromatic rings. The molecule has 0 aliphatic heterocycles. The predicted octanol–water partition coefficient (Wildman–Crippen LogP) is 3.37. The fraction of sp³-hybridized carbons (Fsp3) is 0.294. The molecule has 0 aliphatic carbocycles. The molecule has 0 spiro atoms. The highest BCUT2D eigenvalue weighted by Crippen LogP contribution is 2.28. The molecular weight excluding hydrogens is 234 g/mol. The van der Waals surface area contributed by atoms with Crippen LogP contribution in [0.5, 0.6) is 0 Å². The van der Waals surface area contributed by atoms with Crippen molar-refractivity contribution in [2.75, 3.05) is 13.2 Å². The Bertz CT molecular complexity index is 519.